The second-order valence-electron chi connectivity index (χ2n) is 5.24. The van der Waals surface area contributed by atoms with Gasteiger partial charge in [-0.2, -0.15) is 0 Å². The van der Waals surface area contributed by atoms with E-state index in [1.165, 1.54) is 6.07 Å². The maximum Gasteiger partial charge on any atom is 0.151 e. The number of rotatable bonds is 2. The molecule has 0 fully saturated rings. The number of nitrogens with zero attached hydrogens (tertiary/aromatic N) is 2. The second kappa shape index (κ2) is 5.15. The van der Waals surface area contributed by atoms with E-state index in [1.807, 2.05) is 42.7 Å². The van der Waals surface area contributed by atoms with Gasteiger partial charge in [0.05, 0.1) is 5.52 Å². The van der Waals surface area contributed by atoms with Gasteiger partial charge in [0, 0.05) is 21.8 Å². The fourth-order valence-electron chi connectivity index (χ4n) is 2.53. The number of para-hydroxylation sites is 1. The lowest BCUT2D eigenvalue weighted by molar-refractivity contribution is 0.623. The minimum absolute atomic E-state index is 0.148. The van der Waals surface area contributed by atoms with Crippen LogP contribution in [0.15, 0.2) is 40.9 Å². The van der Waals surface area contributed by atoms with Crippen LogP contribution in [0.5, 0.6) is 0 Å². The van der Waals surface area contributed by atoms with Crippen LogP contribution < -0.4 is 5.73 Å². The highest BCUT2D eigenvalue weighted by molar-refractivity contribution is 9.10. The molecular formula is C16H15BrFN3. The average Bonchev–Trinajstić information content (AvgIpc) is 2.79. The van der Waals surface area contributed by atoms with Crippen LogP contribution in [0.25, 0.3) is 22.4 Å². The molecule has 0 aliphatic heterocycles. The maximum atomic E-state index is 14.0. The van der Waals surface area contributed by atoms with E-state index in [2.05, 4.69) is 20.9 Å². The minimum atomic E-state index is -0.316. The van der Waals surface area contributed by atoms with E-state index < -0.39 is 0 Å². The largest absolute Gasteiger partial charge is 0.398 e. The van der Waals surface area contributed by atoms with Crippen LogP contribution in [0, 0.1) is 5.82 Å². The smallest absolute Gasteiger partial charge is 0.151 e. The summed E-state index contributed by atoms with van der Waals surface area (Å²) in [6.45, 7) is 4.09. The zero-order valence-electron chi connectivity index (χ0n) is 11.8. The van der Waals surface area contributed by atoms with Crippen molar-refractivity contribution in [1.82, 2.24) is 9.55 Å². The van der Waals surface area contributed by atoms with Gasteiger partial charge in [0.1, 0.15) is 11.3 Å². The predicted octanol–water partition coefficient (Wildman–Crippen LogP) is 4.77. The Morgan fingerprint density at radius 3 is 2.67 bits per heavy atom. The van der Waals surface area contributed by atoms with E-state index in [-0.39, 0.29) is 11.9 Å². The Bertz CT molecular complexity index is 824. The molecular weight excluding hydrogens is 333 g/mol. The van der Waals surface area contributed by atoms with E-state index in [4.69, 9.17) is 5.73 Å². The van der Waals surface area contributed by atoms with Crippen LogP contribution in [0.3, 0.4) is 0 Å². The first-order chi connectivity index (χ1) is 9.99. The number of anilines is 1. The summed E-state index contributed by atoms with van der Waals surface area (Å²) in [5, 5.41) is 0. The molecule has 0 spiro atoms. The summed E-state index contributed by atoms with van der Waals surface area (Å²) < 4.78 is 16.9. The number of halogens is 2. The number of aromatic nitrogens is 2. The summed E-state index contributed by atoms with van der Waals surface area (Å²) >= 11 is 3.40. The third-order valence-electron chi connectivity index (χ3n) is 3.44. The number of fused-ring (bicyclic) bond motifs is 1. The third kappa shape index (κ3) is 2.31. The zero-order chi connectivity index (χ0) is 15.1. The molecule has 21 heavy (non-hydrogen) atoms. The standard InChI is InChI=1S/C16H15BrFN3/c1-9(2)21-14-5-3-4-12(18)15(14)20-16(21)11-7-6-10(17)8-13(11)19/h3-9H,19H2,1-2H3. The van der Waals surface area contributed by atoms with Gasteiger partial charge in [-0.05, 0) is 44.2 Å². The van der Waals surface area contributed by atoms with Gasteiger partial charge in [-0.1, -0.05) is 22.0 Å². The fourth-order valence-corrected chi connectivity index (χ4v) is 2.91. The topological polar surface area (TPSA) is 43.8 Å². The molecule has 0 unspecified atom stereocenters. The van der Waals surface area contributed by atoms with Crippen molar-refractivity contribution in [3.05, 3.63) is 46.7 Å². The molecule has 3 aromatic rings. The normalized spacial score (nSPS) is 11.5. The van der Waals surface area contributed by atoms with Crippen molar-refractivity contribution in [2.75, 3.05) is 5.73 Å². The van der Waals surface area contributed by atoms with E-state index >= 15 is 0 Å². The summed E-state index contributed by atoms with van der Waals surface area (Å²) in [5.41, 5.74) is 8.68. The first-order valence-corrected chi connectivity index (χ1v) is 7.50. The fraction of sp³-hybridized carbons (Fsp3) is 0.188. The van der Waals surface area contributed by atoms with E-state index in [0.717, 1.165) is 15.6 Å². The molecule has 0 aliphatic rings. The number of hydrogen-bond acceptors (Lipinski definition) is 2. The molecule has 1 aromatic heterocycles. The Labute approximate surface area is 130 Å². The van der Waals surface area contributed by atoms with Gasteiger partial charge < -0.3 is 10.3 Å². The Hall–Kier alpha value is -1.88. The molecule has 0 radical (unpaired) electrons. The Morgan fingerprint density at radius 2 is 2.00 bits per heavy atom. The number of nitrogen functional groups attached to an aromatic ring is 1. The minimum Gasteiger partial charge on any atom is -0.398 e. The lowest BCUT2D eigenvalue weighted by atomic mass is 10.1. The van der Waals surface area contributed by atoms with Gasteiger partial charge in [-0.3, -0.25) is 0 Å². The van der Waals surface area contributed by atoms with Crippen molar-refractivity contribution in [1.29, 1.82) is 0 Å². The van der Waals surface area contributed by atoms with Crippen LogP contribution in [0.4, 0.5) is 10.1 Å². The molecule has 5 heteroatoms. The molecule has 3 rings (SSSR count). The highest BCUT2D eigenvalue weighted by atomic mass is 79.9. The van der Waals surface area contributed by atoms with Gasteiger partial charge in [0.15, 0.2) is 5.82 Å². The number of hydrogen-bond donors (Lipinski definition) is 1. The van der Waals surface area contributed by atoms with Crippen molar-refractivity contribution in [2.24, 2.45) is 0 Å². The Balaban J connectivity index is 2.36. The monoisotopic (exact) mass is 347 g/mol. The van der Waals surface area contributed by atoms with Crippen molar-refractivity contribution in [3.8, 4) is 11.4 Å². The van der Waals surface area contributed by atoms with Crippen LogP contribution in [0.2, 0.25) is 0 Å². The Kier molecular flexibility index (Phi) is 3.45. The van der Waals surface area contributed by atoms with Gasteiger partial charge >= 0.3 is 0 Å². The van der Waals surface area contributed by atoms with Gasteiger partial charge in [-0.15, -0.1) is 0 Å². The van der Waals surface area contributed by atoms with Crippen LogP contribution in [-0.2, 0) is 0 Å². The lowest BCUT2D eigenvalue weighted by Gasteiger charge is -2.14. The number of imidazole rings is 1. The summed E-state index contributed by atoms with van der Waals surface area (Å²) in [5.74, 6) is 0.374. The molecule has 2 aromatic carbocycles. The summed E-state index contributed by atoms with van der Waals surface area (Å²) in [4.78, 5) is 4.49. The van der Waals surface area contributed by atoms with Crippen molar-refractivity contribution >= 4 is 32.7 Å². The van der Waals surface area contributed by atoms with E-state index in [9.17, 15) is 4.39 Å². The van der Waals surface area contributed by atoms with Crippen LogP contribution in [-0.4, -0.2) is 9.55 Å². The maximum absolute atomic E-state index is 14.0. The van der Waals surface area contributed by atoms with Crippen molar-refractivity contribution in [3.63, 3.8) is 0 Å². The molecule has 1 heterocycles. The third-order valence-corrected chi connectivity index (χ3v) is 3.94. The van der Waals surface area contributed by atoms with Crippen LogP contribution >= 0.6 is 15.9 Å². The molecule has 0 aliphatic carbocycles. The lowest BCUT2D eigenvalue weighted by Crippen LogP contribution is -2.04. The number of nitrogens with two attached hydrogens (primary N) is 1. The highest BCUT2D eigenvalue weighted by Crippen LogP contribution is 2.33. The SMILES string of the molecule is CC(C)n1c(-c2ccc(Br)cc2N)nc2c(F)cccc21. The van der Waals surface area contributed by atoms with Gasteiger partial charge in [0.25, 0.3) is 0 Å². The Morgan fingerprint density at radius 1 is 1.24 bits per heavy atom. The molecule has 3 nitrogen and oxygen atoms in total. The van der Waals surface area contributed by atoms with Gasteiger partial charge in [0.2, 0.25) is 0 Å². The van der Waals surface area contributed by atoms with Crippen molar-refractivity contribution < 1.29 is 4.39 Å². The molecule has 0 saturated carbocycles. The predicted molar refractivity (Wildman–Crippen MR) is 87.6 cm³/mol. The molecule has 2 N–H and O–H groups in total. The molecule has 0 amide bonds. The summed E-state index contributed by atoms with van der Waals surface area (Å²) in [7, 11) is 0. The molecule has 0 bridgehead atoms. The summed E-state index contributed by atoms with van der Waals surface area (Å²) in [6.07, 6.45) is 0. The average molecular weight is 348 g/mol. The van der Waals surface area contributed by atoms with E-state index in [1.54, 1.807) is 6.07 Å². The van der Waals surface area contributed by atoms with E-state index in [0.29, 0.717) is 17.0 Å². The first-order valence-electron chi connectivity index (χ1n) is 6.71. The molecule has 0 atom stereocenters. The molecule has 0 saturated heterocycles. The van der Waals surface area contributed by atoms with Crippen molar-refractivity contribution in [2.45, 2.75) is 19.9 Å². The molecule has 108 valence electrons. The van der Waals surface area contributed by atoms with Gasteiger partial charge in [-0.25, -0.2) is 9.37 Å². The first kappa shape index (κ1) is 14.1. The number of benzene rings is 2. The quantitative estimate of drug-likeness (QED) is 0.678. The van der Waals surface area contributed by atoms with Crippen LogP contribution in [0.1, 0.15) is 19.9 Å². The summed E-state index contributed by atoms with van der Waals surface area (Å²) in [6, 6.07) is 10.8. The second-order valence-corrected chi connectivity index (χ2v) is 6.15. The highest BCUT2D eigenvalue weighted by Gasteiger charge is 2.18. The zero-order valence-corrected chi connectivity index (χ0v) is 13.4.